The van der Waals surface area contributed by atoms with Gasteiger partial charge in [0.1, 0.15) is 6.29 Å². The summed E-state index contributed by atoms with van der Waals surface area (Å²) in [6.45, 7) is 0. The molecule has 0 atom stereocenters. The van der Waals surface area contributed by atoms with Gasteiger partial charge in [-0.1, -0.05) is 0 Å². The molecule has 0 heterocycles. The van der Waals surface area contributed by atoms with Crippen LogP contribution in [0.25, 0.3) is 0 Å². The van der Waals surface area contributed by atoms with Crippen LogP contribution in [0.4, 0.5) is 0 Å². The van der Waals surface area contributed by atoms with Crippen LogP contribution in [0.2, 0.25) is 0 Å². The van der Waals surface area contributed by atoms with Crippen molar-refractivity contribution in [3.8, 4) is 0 Å². The number of rotatable bonds is 3. The zero-order valence-corrected chi connectivity index (χ0v) is 6.29. The third kappa shape index (κ3) is 4.20. The number of nitrogens with zero attached hydrogens (tertiary/aromatic N) is 1. The molecule has 0 fully saturated rings. The molecular formula is C4H5INO2+. The minimum atomic E-state index is -0.224. The van der Waals surface area contributed by atoms with E-state index in [9.17, 15) is 9.59 Å². The zero-order chi connectivity index (χ0) is 6.41. The van der Waals surface area contributed by atoms with Crippen molar-refractivity contribution in [2.24, 2.45) is 0 Å². The fraction of sp³-hybridized carbons (Fsp3) is 0.500. The van der Waals surface area contributed by atoms with E-state index in [0.717, 1.165) is 0 Å². The number of carbonyl (C=O) groups is 2. The van der Waals surface area contributed by atoms with Gasteiger partial charge in [0.05, 0.1) is 6.42 Å². The fourth-order valence-electron chi connectivity index (χ4n) is 0.225. The zero-order valence-electron chi connectivity index (χ0n) is 4.13. The van der Waals surface area contributed by atoms with Crippen molar-refractivity contribution in [3.05, 3.63) is 0 Å². The van der Waals surface area contributed by atoms with Crippen LogP contribution in [0, 0.1) is 0 Å². The quantitative estimate of drug-likeness (QED) is 0.518. The van der Waals surface area contributed by atoms with E-state index in [1.165, 1.54) is 0 Å². The van der Waals surface area contributed by atoms with Gasteiger partial charge in [-0.2, -0.15) is 0 Å². The summed E-state index contributed by atoms with van der Waals surface area (Å²) in [5, 5.41) is 0. The highest BCUT2D eigenvalue weighted by molar-refractivity contribution is 14.1. The van der Waals surface area contributed by atoms with Gasteiger partial charge in [-0.05, 0) is 0 Å². The second kappa shape index (κ2) is 5.17. The van der Waals surface area contributed by atoms with Gasteiger partial charge in [-0.15, -0.1) is 0 Å². The maximum atomic E-state index is 10.2. The topological polar surface area (TPSA) is 48.2 Å². The Balaban J connectivity index is 3.11. The molecule has 0 rings (SSSR count). The Morgan fingerprint density at radius 2 is 2.38 bits per heavy atom. The lowest BCUT2D eigenvalue weighted by atomic mass is 10.3. The van der Waals surface area contributed by atoms with Crippen LogP contribution in [-0.2, 0) is 9.59 Å². The molecule has 44 valence electrons. The summed E-state index contributed by atoms with van der Waals surface area (Å²) in [7, 11) is 0. The lowest BCUT2D eigenvalue weighted by molar-refractivity contribution is -0.120. The molecule has 0 aliphatic rings. The predicted octanol–water partition coefficient (Wildman–Crippen LogP) is 0.447. The van der Waals surface area contributed by atoms with E-state index in [1.807, 2.05) is 0 Å². The van der Waals surface area contributed by atoms with Crippen molar-refractivity contribution in [1.29, 1.82) is 0 Å². The molecule has 1 amide bonds. The molecule has 0 saturated carbocycles. The van der Waals surface area contributed by atoms with Crippen molar-refractivity contribution >= 4 is 35.1 Å². The van der Waals surface area contributed by atoms with Gasteiger partial charge in [-0.3, -0.25) is 0 Å². The molecule has 0 saturated heterocycles. The number of carbonyl (C=O) groups excluding carboxylic acids is 2. The Morgan fingerprint density at radius 3 is 2.75 bits per heavy atom. The molecule has 0 aromatic heterocycles. The van der Waals surface area contributed by atoms with Crippen LogP contribution in [0.5, 0.6) is 0 Å². The van der Waals surface area contributed by atoms with Crippen LogP contribution in [0.3, 0.4) is 0 Å². The van der Waals surface area contributed by atoms with E-state index in [0.29, 0.717) is 6.29 Å². The van der Waals surface area contributed by atoms with E-state index in [2.05, 4.69) is 3.53 Å². The number of halogens is 1. The number of hydrogen-bond acceptors (Lipinski definition) is 2. The lowest BCUT2D eigenvalue weighted by Gasteiger charge is -1.72. The fourth-order valence-corrected chi connectivity index (χ4v) is 0.466. The molecule has 4 heteroatoms. The van der Waals surface area contributed by atoms with Crippen LogP contribution in [0.15, 0.2) is 0 Å². The number of hydrogen-bond donors (Lipinski definition) is 0. The second-order valence-corrected chi connectivity index (χ2v) is 1.67. The molecule has 0 unspecified atom stereocenters. The van der Waals surface area contributed by atoms with Crippen molar-refractivity contribution in [2.45, 2.75) is 12.8 Å². The monoisotopic (exact) mass is 226 g/mol. The standard InChI is InChI=1S/C4H5INO2/c5-6-4(8)2-1-3-7/h3H,1-2H2/q+1. The van der Waals surface area contributed by atoms with Gasteiger partial charge >= 0.3 is 28.8 Å². The van der Waals surface area contributed by atoms with Gasteiger partial charge < -0.3 is 4.79 Å². The van der Waals surface area contributed by atoms with Crippen molar-refractivity contribution in [1.82, 2.24) is 3.53 Å². The van der Waals surface area contributed by atoms with Crippen LogP contribution in [-0.4, -0.2) is 12.2 Å². The molecule has 0 aromatic rings. The molecule has 0 aromatic carbocycles. The van der Waals surface area contributed by atoms with Crippen LogP contribution < -0.4 is 3.53 Å². The van der Waals surface area contributed by atoms with Crippen molar-refractivity contribution < 1.29 is 9.59 Å². The molecule has 8 heavy (non-hydrogen) atoms. The van der Waals surface area contributed by atoms with E-state index >= 15 is 0 Å². The van der Waals surface area contributed by atoms with Gasteiger partial charge in [-0.25, -0.2) is 4.79 Å². The Labute approximate surface area is 61.3 Å². The number of aldehydes is 1. The van der Waals surface area contributed by atoms with Crippen LogP contribution in [0.1, 0.15) is 12.8 Å². The first kappa shape index (κ1) is 8.03. The maximum absolute atomic E-state index is 10.2. The SMILES string of the molecule is O=CCCC(=O)[N+]I. The van der Waals surface area contributed by atoms with Crippen molar-refractivity contribution in [2.75, 3.05) is 0 Å². The summed E-state index contributed by atoms with van der Waals surface area (Å²) in [5.41, 5.74) is 0. The molecular weight excluding hydrogens is 221 g/mol. The summed E-state index contributed by atoms with van der Waals surface area (Å²) in [4.78, 5) is 19.9. The first-order valence-corrected chi connectivity index (χ1v) is 3.06. The Bertz CT molecular complexity index is 94.0. The first-order chi connectivity index (χ1) is 3.81. The average Bonchev–Trinajstić information content (AvgIpc) is 1.83. The van der Waals surface area contributed by atoms with Gasteiger partial charge in [0.25, 0.3) is 0 Å². The average molecular weight is 226 g/mol. The van der Waals surface area contributed by atoms with E-state index < -0.39 is 0 Å². The van der Waals surface area contributed by atoms with E-state index in [-0.39, 0.29) is 18.7 Å². The maximum Gasteiger partial charge on any atom is 0.431 e. The van der Waals surface area contributed by atoms with E-state index in [1.54, 1.807) is 22.9 Å². The van der Waals surface area contributed by atoms with Gasteiger partial charge in [0.15, 0.2) is 0 Å². The number of amides is 1. The van der Waals surface area contributed by atoms with Gasteiger partial charge in [0, 0.05) is 6.42 Å². The minimum absolute atomic E-state index is 0.224. The normalized spacial score (nSPS) is 8.62. The Kier molecular flexibility index (Phi) is 5.19. The van der Waals surface area contributed by atoms with Crippen LogP contribution >= 0.6 is 22.9 Å². The highest BCUT2D eigenvalue weighted by Gasteiger charge is 2.12. The summed E-state index contributed by atoms with van der Waals surface area (Å²) in [6.07, 6.45) is 1.23. The first-order valence-electron chi connectivity index (χ1n) is 2.09. The second-order valence-electron chi connectivity index (χ2n) is 1.18. The third-order valence-electron chi connectivity index (χ3n) is 0.570. The molecule has 0 aliphatic carbocycles. The Hall–Kier alpha value is 0.0300. The van der Waals surface area contributed by atoms with E-state index in [4.69, 9.17) is 0 Å². The largest absolute Gasteiger partial charge is 0.431 e. The third-order valence-corrected chi connectivity index (χ3v) is 1.11. The summed E-state index contributed by atoms with van der Waals surface area (Å²) in [6, 6.07) is 0. The molecule has 0 spiro atoms. The predicted molar refractivity (Wildman–Crippen MR) is 36.5 cm³/mol. The highest BCUT2D eigenvalue weighted by Crippen LogP contribution is 1.87. The van der Waals surface area contributed by atoms with Gasteiger partial charge in [0.2, 0.25) is 3.53 Å². The summed E-state index contributed by atoms with van der Waals surface area (Å²) >= 11 is 1.61. The molecule has 0 bridgehead atoms. The summed E-state index contributed by atoms with van der Waals surface area (Å²) < 4.78 is 3.30. The lowest BCUT2D eigenvalue weighted by Crippen LogP contribution is -2.03. The minimum Gasteiger partial charge on any atom is -0.303 e. The Morgan fingerprint density at radius 1 is 1.75 bits per heavy atom. The van der Waals surface area contributed by atoms with Crippen molar-refractivity contribution in [3.63, 3.8) is 0 Å². The molecule has 3 nitrogen and oxygen atoms in total. The molecule has 2 radical (unpaired) electrons. The highest BCUT2D eigenvalue weighted by atomic mass is 127. The smallest absolute Gasteiger partial charge is 0.303 e. The summed E-state index contributed by atoms with van der Waals surface area (Å²) in [5.74, 6) is -0.224. The molecule has 0 N–H and O–H groups in total. The molecule has 0 aliphatic heterocycles.